The highest BCUT2D eigenvalue weighted by atomic mass is 127. The van der Waals surface area contributed by atoms with Crippen molar-refractivity contribution in [1.82, 2.24) is 9.97 Å². The maximum Gasteiger partial charge on any atom is 0.266 e. The van der Waals surface area contributed by atoms with Crippen LogP contribution in [0.15, 0.2) is 35.4 Å². The molecule has 2 rings (SSSR count). The molecule has 0 saturated heterocycles. The number of benzene rings is 1. The van der Waals surface area contributed by atoms with Gasteiger partial charge < -0.3 is 16.0 Å². The van der Waals surface area contributed by atoms with Gasteiger partial charge >= 0.3 is 0 Å². The molecule has 1 aromatic carbocycles. The lowest BCUT2D eigenvalue weighted by Crippen LogP contribution is -2.12. The van der Waals surface area contributed by atoms with Crippen LogP contribution in [0.2, 0.25) is 0 Å². The van der Waals surface area contributed by atoms with E-state index in [1.54, 1.807) is 0 Å². The number of nitrogens with zero attached hydrogens (tertiary/aromatic N) is 1. The molecule has 0 unspecified atom stereocenters. The SMILES string of the molecule is NCCCc1cccc(Nc2nc[nH]c(=O)c2I)c1. The predicted octanol–water partition coefficient (Wildman–Crippen LogP) is 2.01. The molecule has 100 valence electrons. The Bertz CT molecular complexity index is 612. The second kappa shape index (κ2) is 6.67. The Morgan fingerprint density at radius 3 is 3.05 bits per heavy atom. The zero-order chi connectivity index (χ0) is 13.7. The van der Waals surface area contributed by atoms with Crippen LogP contribution in [0.4, 0.5) is 11.5 Å². The van der Waals surface area contributed by atoms with E-state index in [0.717, 1.165) is 18.5 Å². The summed E-state index contributed by atoms with van der Waals surface area (Å²) < 4.78 is 0.549. The van der Waals surface area contributed by atoms with Crippen LogP contribution in [0.5, 0.6) is 0 Å². The number of hydrogen-bond donors (Lipinski definition) is 3. The van der Waals surface area contributed by atoms with Crippen molar-refractivity contribution >= 4 is 34.1 Å². The smallest absolute Gasteiger partial charge is 0.266 e. The van der Waals surface area contributed by atoms with Gasteiger partial charge in [0.2, 0.25) is 0 Å². The van der Waals surface area contributed by atoms with Gasteiger partial charge in [0.25, 0.3) is 5.56 Å². The summed E-state index contributed by atoms with van der Waals surface area (Å²) in [5.74, 6) is 0.570. The quantitative estimate of drug-likeness (QED) is 0.704. The third-order valence-corrected chi connectivity index (χ3v) is 3.66. The van der Waals surface area contributed by atoms with E-state index in [1.165, 1.54) is 11.9 Å². The summed E-state index contributed by atoms with van der Waals surface area (Å²) in [6.07, 6.45) is 3.31. The first-order chi connectivity index (χ1) is 9.20. The van der Waals surface area contributed by atoms with E-state index < -0.39 is 0 Å². The highest BCUT2D eigenvalue weighted by Crippen LogP contribution is 2.18. The van der Waals surface area contributed by atoms with Crippen molar-refractivity contribution in [2.75, 3.05) is 11.9 Å². The molecule has 0 atom stereocenters. The highest BCUT2D eigenvalue weighted by molar-refractivity contribution is 14.1. The number of nitrogens with two attached hydrogens (primary N) is 1. The number of aromatic amines is 1. The van der Waals surface area contributed by atoms with E-state index in [1.807, 2.05) is 34.7 Å². The zero-order valence-electron chi connectivity index (χ0n) is 10.3. The van der Waals surface area contributed by atoms with Gasteiger partial charge in [-0.2, -0.15) is 0 Å². The fourth-order valence-corrected chi connectivity index (χ4v) is 2.15. The molecule has 4 N–H and O–H groups in total. The molecule has 0 aliphatic carbocycles. The minimum atomic E-state index is -0.141. The van der Waals surface area contributed by atoms with Crippen LogP contribution in [0.25, 0.3) is 0 Å². The van der Waals surface area contributed by atoms with E-state index in [0.29, 0.717) is 15.9 Å². The summed E-state index contributed by atoms with van der Waals surface area (Å²) in [5.41, 5.74) is 7.51. The number of nitrogens with one attached hydrogen (secondary N) is 2. The molecule has 1 heterocycles. The molecule has 0 amide bonds. The first kappa shape index (κ1) is 14.0. The normalized spacial score (nSPS) is 10.4. The molecule has 1 aromatic heterocycles. The number of aryl methyl sites for hydroxylation is 1. The van der Waals surface area contributed by atoms with Gasteiger partial charge in [-0.05, 0) is 59.7 Å². The van der Waals surface area contributed by atoms with Crippen LogP contribution in [0.1, 0.15) is 12.0 Å². The van der Waals surface area contributed by atoms with Crippen molar-refractivity contribution in [3.8, 4) is 0 Å². The fraction of sp³-hybridized carbons (Fsp3) is 0.231. The summed E-state index contributed by atoms with van der Waals surface area (Å²) in [6, 6.07) is 8.05. The number of anilines is 2. The maximum atomic E-state index is 11.5. The Labute approximate surface area is 124 Å². The molecule has 0 aliphatic heterocycles. The lowest BCUT2D eigenvalue weighted by molar-refractivity contribution is 0.833. The Morgan fingerprint density at radius 2 is 2.26 bits per heavy atom. The van der Waals surface area contributed by atoms with Gasteiger partial charge in [-0.25, -0.2) is 4.98 Å². The molecule has 6 heteroatoms. The molecule has 0 radical (unpaired) electrons. The van der Waals surface area contributed by atoms with Crippen LogP contribution >= 0.6 is 22.6 Å². The third-order valence-electron chi connectivity index (χ3n) is 2.66. The molecular formula is C13H15IN4O. The minimum absolute atomic E-state index is 0.141. The summed E-state index contributed by atoms with van der Waals surface area (Å²) >= 11 is 1.98. The van der Waals surface area contributed by atoms with E-state index in [9.17, 15) is 4.79 Å². The first-order valence-electron chi connectivity index (χ1n) is 6.00. The van der Waals surface area contributed by atoms with Crippen molar-refractivity contribution in [3.05, 3.63) is 50.1 Å². The van der Waals surface area contributed by atoms with Gasteiger partial charge in [0.15, 0.2) is 5.82 Å². The monoisotopic (exact) mass is 370 g/mol. The highest BCUT2D eigenvalue weighted by Gasteiger charge is 2.05. The Morgan fingerprint density at radius 1 is 1.42 bits per heavy atom. The summed E-state index contributed by atoms with van der Waals surface area (Å²) in [6.45, 7) is 0.686. The van der Waals surface area contributed by atoms with Crippen molar-refractivity contribution in [2.45, 2.75) is 12.8 Å². The number of rotatable bonds is 5. The van der Waals surface area contributed by atoms with Crippen LogP contribution < -0.4 is 16.6 Å². The van der Waals surface area contributed by atoms with Crippen LogP contribution in [-0.4, -0.2) is 16.5 Å². The molecule has 0 saturated carbocycles. The van der Waals surface area contributed by atoms with Crippen molar-refractivity contribution in [1.29, 1.82) is 0 Å². The molecule has 5 nitrogen and oxygen atoms in total. The molecule has 0 aliphatic rings. The minimum Gasteiger partial charge on any atom is -0.339 e. The maximum absolute atomic E-state index is 11.5. The second-order valence-electron chi connectivity index (χ2n) is 4.11. The van der Waals surface area contributed by atoms with E-state index in [4.69, 9.17) is 5.73 Å². The van der Waals surface area contributed by atoms with Gasteiger partial charge in [0, 0.05) is 5.69 Å². The fourth-order valence-electron chi connectivity index (χ4n) is 1.72. The van der Waals surface area contributed by atoms with Gasteiger partial charge in [0.05, 0.1) is 6.33 Å². The molecule has 19 heavy (non-hydrogen) atoms. The molecule has 2 aromatic rings. The van der Waals surface area contributed by atoms with Crippen molar-refractivity contribution in [3.63, 3.8) is 0 Å². The molecule has 0 spiro atoms. The number of hydrogen-bond acceptors (Lipinski definition) is 4. The Balaban J connectivity index is 2.19. The van der Waals surface area contributed by atoms with Gasteiger partial charge in [-0.3, -0.25) is 4.79 Å². The van der Waals surface area contributed by atoms with Crippen LogP contribution in [0.3, 0.4) is 0 Å². The topological polar surface area (TPSA) is 83.8 Å². The number of aromatic nitrogens is 2. The Kier molecular flexibility index (Phi) is 4.92. The first-order valence-corrected chi connectivity index (χ1v) is 7.08. The van der Waals surface area contributed by atoms with Crippen molar-refractivity contribution < 1.29 is 0 Å². The lowest BCUT2D eigenvalue weighted by atomic mass is 10.1. The standard InChI is InChI=1S/C13H15IN4O/c14-11-12(16-8-17-13(11)19)18-10-5-1-3-9(7-10)4-2-6-15/h1,3,5,7-8H,2,4,6,15H2,(H2,16,17,18,19). The van der Waals surface area contributed by atoms with Crippen LogP contribution in [-0.2, 0) is 6.42 Å². The van der Waals surface area contributed by atoms with Gasteiger partial charge in [0.1, 0.15) is 3.57 Å². The average molecular weight is 370 g/mol. The third kappa shape index (κ3) is 3.77. The predicted molar refractivity (Wildman–Crippen MR) is 84.7 cm³/mol. The number of halogens is 1. The summed E-state index contributed by atoms with van der Waals surface area (Å²) in [7, 11) is 0. The van der Waals surface area contributed by atoms with Crippen LogP contribution in [0, 0.1) is 3.57 Å². The van der Waals surface area contributed by atoms with Crippen molar-refractivity contribution in [2.24, 2.45) is 5.73 Å². The largest absolute Gasteiger partial charge is 0.339 e. The summed E-state index contributed by atoms with van der Waals surface area (Å²) in [4.78, 5) is 18.2. The van der Waals surface area contributed by atoms with E-state index in [2.05, 4.69) is 27.4 Å². The van der Waals surface area contributed by atoms with E-state index >= 15 is 0 Å². The van der Waals surface area contributed by atoms with Gasteiger partial charge in [-0.1, -0.05) is 12.1 Å². The lowest BCUT2D eigenvalue weighted by Gasteiger charge is -2.08. The molecular weight excluding hydrogens is 355 g/mol. The number of H-pyrrole nitrogens is 1. The summed E-state index contributed by atoms with van der Waals surface area (Å²) in [5, 5.41) is 3.16. The van der Waals surface area contributed by atoms with E-state index in [-0.39, 0.29) is 5.56 Å². The average Bonchev–Trinajstić information content (AvgIpc) is 2.42. The second-order valence-corrected chi connectivity index (χ2v) is 5.19. The molecule has 0 fully saturated rings. The Hall–Kier alpha value is -1.41. The zero-order valence-corrected chi connectivity index (χ0v) is 12.5. The van der Waals surface area contributed by atoms with Gasteiger partial charge in [-0.15, -0.1) is 0 Å². The molecule has 0 bridgehead atoms.